The summed E-state index contributed by atoms with van der Waals surface area (Å²) in [6, 6.07) is 6.74. The highest BCUT2D eigenvalue weighted by molar-refractivity contribution is 6.26. The van der Waals surface area contributed by atoms with Gasteiger partial charge < -0.3 is 9.74 Å². The van der Waals surface area contributed by atoms with Crippen LogP contribution < -0.4 is 4.90 Å². The predicted molar refractivity (Wildman–Crippen MR) is 188 cm³/mol. The van der Waals surface area contributed by atoms with Crippen LogP contribution in [0.25, 0.3) is 6.08 Å². The van der Waals surface area contributed by atoms with Crippen molar-refractivity contribution >= 4 is 23.4 Å². The molecule has 0 amide bonds. The lowest BCUT2D eigenvalue weighted by Gasteiger charge is -2.26. The molecule has 4 nitrogen and oxygen atoms in total. The first-order valence-corrected chi connectivity index (χ1v) is 18.2. The zero-order valence-electron chi connectivity index (χ0n) is 29.1. The van der Waals surface area contributed by atoms with Crippen molar-refractivity contribution in [1.82, 2.24) is 0 Å². The fourth-order valence-electron chi connectivity index (χ4n) is 6.07. The van der Waals surface area contributed by atoms with Gasteiger partial charge in [-0.25, -0.2) is 4.79 Å². The van der Waals surface area contributed by atoms with Gasteiger partial charge in [-0.2, -0.15) is 0 Å². The first kappa shape index (κ1) is 37.1. The molecule has 2 rings (SSSR count). The zero-order valence-corrected chi connectivity index (χ0v) is 29.1. The molecule has 0 saturated heterocycles. The monoisotopic (exact) mass is 595 g/mol. The smallest absolute Gasteiger partial charge is 0.367 e. The van der Waals surface area contributed by atoms with Crippen LogP contribution in [-0.2, 0) is 9.63 Å². The molecule has 0 aromatic heterocycles. The predicted octanol–water partition coefficient (Wildman–Crippen LogP) is 12.0. The number of carbonyl (C=O) groups is 1. The molecule has 1 heterocycles. The average Bonchev–Trinajstić information content (AvgIpc) is 3.35. The Hall–Kier alpha value is -2.10. The van der Waals surface area contributed by atoms with E-state index in [0.29, 0.717) is 5.57 Å². The Bertz CT molecular complexity index is 948. The van der Waals surface area contributed by atoms with Crippen molar-refractivity contribution in [1.29, 1.82) is 0 Å². The van der Waals surface area contributed by atoms with Crippen LogP contribution in [0.1, 0.15) is 174 Å². The number of unbranched alkanes of at least 4 members (excludes halogenated alkanes) is 18. The van der Waals surface area contributed by atoms with Crippen LogP contribution in [0.15, 0.2) is 28.9 Å². The van der Waals surface area contributed by atoms with Crippen LogP contribution in [0.5, 0.6) is 0 Å². The van der Waals surface area contributed by atoms with Crippen LogP contribution in [-0.4, -0.2) is 24.8 Å². The second-order valence-corrected chi connectivity index (χ2v) is 14.0. The fraction of sp³-hybridized carbons (Fsp3) is 0.744. The van der Waals surface area contributed by atoms with E-state index in [2.05, 4.69) is 69.8 Å². The normalized spacial score (nSPS) is 14.4. The molecule has 0 fully saturated rings. The molecule has 0 unspecified atom stereocenters. The number of hydrogen-bond donors (Lipinski definition) is 0. The zero-order chi connectivity index (χ0) is 31.3. The lowest BCUT2D eigenvalue weighted by Crippen LogP contribution is -2.26. The second kappa shape index (κ2) is 21.6. The number of carbonyl (C=O) groups excluding carboxylic acids is 1. The van der Waals surface area contributed by atoms with Gasteiger partial charge in [-0.15, -0.1) is 0 Å². The average molecular weight is 595 g/mol. The molecule has 4 heteroatoms. The van der Waals surface area contributed by atoms with Crippen LogP contribution in [0.2, 0.25) is 0 Å². The SMILES string of the molecule is CCCCCCCCCCCCN(CCCCCCCCCCCC)c1ccc(C=C2C(=O)ON=C2C(C)(C)C)c(C)c1. The van der Waals surface area contributed by atoms with Gasteiger partial charge in [-0.3, -0.25) is 0 Å². The maximum absolute atomic E-state index is 12.5. The molecule has 0 atom stereocenters. The Balaban J connectivity index is 1.92. The van der Waals surface area contributed by atoms with Gasteiger partial charge in [0.1, 0.15) is 5.71 Å². The van der Waals surface area contributed by atoms with E-state index in [9.17, 15) is 4.79 Å². The molecule has 0 radical (unpaired) electrons. The summed E-state index contributed by atoms with van der Waals surface area (Å²) in [6.45, 7) is 15.2. The Morgan fingerprint density at radius 2 is 1.14 bits per heavy atom. The van der Waals surface area contributed by atoms with Crippen LogP contribution >= 0.6 is 0 Å². The van der Waals surface area contributed by atoms with Crippen LogP contribution in [0, 0.1) is 12.3 Å². The minimum absolute atomic E-state index is 0.243. The minimum Gasteiger partial charge on any atom is -0.372 e. The Labute approximate surface area is 266 Å². The summed E-state index contributed by atoms with van der Waals surface area (Å²) in [7, 11) is 0. The molecule has 1 aliphatic heterocycles. The molecule has 0 saturated carbocycles. The van der Waals surface area contributed by atoms with Crippen molar-refractivity contribution in [3.05, 3.63) is 34.9 Å². The topological polar surface area (TPSA) is 41.9 Å². The molecule has 0 spiro atoms. The Morgan fingerprint density at radius 1 is 0.698 bits per heavy atom. The van der Waals surface area contributed by atoms with Gasteiger partial charge >= 0.3 is 5.97 Å². The van der Waals surface area contributed by atoms with E-state index in [1.54, 1.807) is 0 Å². The van der Waals surface area contributed by atoms with E-state index in [1.165, 1.54) is 140 Å². The summed E-state index contributed by atoms with van der Waals surface area (Å²) in [4.78, 5) is 20.1. The van der Waals surface area contributed by atoms with E-state index < -0.39 is 0 Å². The molecular weight excluding hydrogens is 528 g/mol. The third-order valence-electron chi connectivity index (χ3n) is 8.89. The third kappa shape index (κ3) is 15.0. The Morgan fingerprint density at radius 3 is 1.56 bits per heavy atom. The molecular formula is C39H66N2O2. The molecule has 1 aromatic carbocycles. The largest absolute Gasteiger partial charge is 0.372 e. The Kier molecular flexibility index (Phi) is 18.6. The van der Waals surface area contributed by atoms with E-state index in [4.69, 9.17) is 4.84 Å². The van der Waals surface area contributed by atoms with Gasteiger partial charge in [-0.1, -0.05) is 161 Å². The molecule has 0 N–H and O–H groups in total. The van der Waals surface area contributed by atoms with E-state index in [1.807, 2.05) is 6.08 Å². The van der Waals surface area contributed by atoms with Crippen molar-refractivity contribution in [2.24, 2.45) is 10.6 Å². The van der Waals surface area contributed by atoms with Crippen molar-refractivity contribution in [3.8, 4) is 0 Å². The van der Waals surface area contributed by atoms with Crippen molar-refractivity contribution in [2.45, 2.75) is 170 Å². The van der Waals surface area contributed by atoms with Crippen molar-refractivity contribution in [3.63, 3.8) is 0 Å². The summed E-state index contributed by atoms with van der Waals surface area (Å²) >= 11 is 0. The summed E-state index contributed by atoms with van der Waals surface area (Å²) in [5, 5.41) is 4.09. The van der Waals surface area contributed by atoms with Gasteiger partial charge in [0, 0.05) is 24.2 Å². The maximum Gasteiger partial charge on any atom is 0.367 e. The summed E-state index contributed by atoms with van der Waals surface area (Å²) in [5.74, 6) is -0.350. The number of benzene rings is 1. The first-order chi connectivity index (χ1) is 20.8. The van der Waals surface area contributed by atoms with Gasteiger partial charge in [-0.05, 0) is 49.1 Å². The molecule has 1 aromatic rings. The second-order valence-electron chi connectivity index (χ2n) is 14.0. The molecule has 1 aliphatic rings. The van der Waals surface area contributed by atoms with Gasteiger partial charge in [0.15, 0.2) is 0 Å². The molecule has 0 bridgehead atoms. The number of hydrogen-bond acceptors (Lipinski definition) is 4. The first-order valence-electron chi connectivity index (χ1n) is 18.2. The summed E-state index contributed by atoms with van der Waals surface area (Å²) in [5.41, 5.74) is 4.62. The van der Waals surface area contributed by atoms with E-state index in [-0.39, 0.29) is 11.4 Å². The number of rotatable bonds is 24. The molecule has 244 valence electrons. The summed E-state index contributed by atoms with van der Waals surface area (Å²) in [6.07, 6.45) is 29.3. The van der Waals surface area contributed by atoms with E-state index >= 15 is 0 Å². The van der Waals surface area contributed by atoms with Crippen LogP contribution in [0.4, 0.5) is 5.69 Å². The van der Waals surface area contributed by atoms with Crippen LogP contribution in [0.3, 0.4) is 0 Å². The van der Waals surface area contributed by atoms with Gasteiger partial charge in [0.2, 0.25) is 0 Å². The highest BCUT2D eigenvalue weighted by Gasteiger charge is 2.34. The number of oxime groups is 1. The highest BCUT2D eigenvalue weighted by atomic mass is 16.7. The molecule has 0 aliphatic carbocycles. The van der Waals surface area contributed by atoms with Gasteiger partial charge in [0.05, 0.1) is 5.57 Å². The van der Waals surface area contributed by atoms with Crippen molar-refractivity contribution < 1.29 is 9.63 Å². The maximum atomic E-state index is 12.5. The third-order valence-corrected chi connectivity index (χ3v) is 8.89. The quantitative estimate of drug-likeness (QED) is 0.0679. The standard InChI is InChI=1S/C39H66N2O2/c1-7-9-11-13-15-17-19-21-23-25-29-41(30-26-24-22-20-18-16-14-12-10-8-2)35-28-27-34(33(3)31-35)32-36-37(39(4,5)6)40-43-38(36)42/h27-28,31-32H,7-26,29-30H2,1-6H3. The lowest BCUT2D eigenvalue weighted by molar-refractivity contribution is -0.136. The minimum atomic E-state index is -0.350. The number of aryl methyl sites for hydroxylation is 1. The highest BCUT2D eigenvalue weighted by Crippen LogP contribution is 2.30. The fourth-order valence-corrected chi connectivity index (χ4v) is 6.07. The lowest BCUT2D eigenvalue weighted by atomic mass is 9.85. The number of nitrogens with zero attached hydrogens (tertiary/aromatic N) is 2. The van der Waals surface area contributed by atoms with E-state index in [0.717, 1.165) is 24.4 Å². The van der Waals surface area contributed by atoms with Crippen molar-refractivity contribution in [2.75, 3.05) is 18.0 Å². The van der Waals surface area contributed by atoms with Gasteiger partial charge in [0.25, 0.3) is 0 Å². The molecule has 43 heavy (non-hydrogen) atoms. The summed E-state index contributed by atoms with van der Waals surface area (Å²) < 4.78 is 0. The number of anilines is 1.